The normalized spacial score (nSPS) is 15.7. The molecule has 1 aromatic carbocycles. The zero-order valence-electron chi connectivity index (χ0n) is 17.8. The highest BCUT2D eigenvalue weighted by atomic mass is 32.2. The molecule has 1 saturated heterocycles. The molecule has 0 bridgehead atoms. The molecule has 2 heterocycles. The SMILES string of the molecule is CC(C)CC(CNC(=O)Nc1cccc(CSc2ccccn2)c1)N1CCOCC1. The lowest BCUT2D eigenvalue weighted by Crippen LogP contribution is -2.49. The predicted molar refractivity (Wildman–Crippen MR) is 123 cm³/mol. The number of hydrogen-bond donors (Lipinski definition) is 2. The largest absolute Gasteiger partial charge is 0.379 e. The standard InChI is InChI=1S/C23H32N4O2S/c1-18(2)14-21(27-10-12-29-13-11-27)16-25-23(28)26-20-7-5-6-19(15-20)17-30-22-8-3-4-9-24-22/h3-9,15,18,21H,10-14,16-17H2,1-2H3,(H2,25,26,28). The van der Waals surface area contributed by atoms with Gasteiger partial charge in [-0.1, -0.05) is 32.0 Å². The number of anilines is 1. The van der Waals surface area contributed by atoms with Crippen LogP contribution in [-0.2, 0) is 10.5 Å². The van der Waals surface area contributed by atoms with Crippen LogP contribution in [0.5, 0.6) is 0 Å². The van der Waals surface area contributed by atoms with Crippen molar-refractivity contribution >= 4 is 23.5 Å². The average molecular weight is 429 g/mol. The van der Waals surface area contributed by atoms with E-state index in [1.165, 1.54) is 0 Å². The minimum Gasteiger partial charge on any atom is -0.379 e. The van der Waals surface area contributed by atoms with Gasteiger partial charge in [0, 0.05) is 43.3 Å². The Kier molecular flexibility index (Phi) is 8.99. The number of aromatic nitrogens is 1. The Morgan fingerprint density at radius 3 is 2.77 bits per heavy atom. The highest BCUT2D eigenvalue weighted by molar-refractivity contribution is 7.98. The monoisotopic (exact) mass is 428 g/mol. The maximum Gasteiger partial charge on any atom is 0.319 e. The van der Waals surface area contributed by atoms with E-state index in [9.17, 15) is 4.79 Å². The first-order chi connectivity index (χ1) is 14.6. The van der Waals surface area contributed by atoms with E-state index in [4.69, 9.17) is 4.74 Å². The summed E-state index contributed by atoms with van der Waals surface area (Å²) in [5.74, 6) is 1.39. The second-order valence-corrected chi connectivity index (χ2v) is 8.92. The van der Waals surface area contributed by atoms with Crippen LogP contribution in [0.25, 0.3) is 0 Å². The Morgan fingerprint density at radius 1 is 1.20 bits per heavy atom. The number of carbonyl (C=O) groups is 1. The molecule has 0 radical (unpaired) electrons. The molecule has 0 aliphatic carbocycles. The van der Waals surface area contributed by atoms with Crippen molar-refractivity contribution in [3.05, 3.63) is 54.2 Å². The van der Waals surface area contributed by atoms with Crippen molar-refractivity contribution in [1.29, 1.82) is 0 Å². The number of nitrogens with one attached hydrogen (secondary N) is 2. The molecule has 1 fully saturated rings. The highest BCUT2D eigenvalue weighted by Crippen LogP contribution is 2.22. The fourth-order valence-electron chi connectivity index (χ4n) is 3.56. The molecule has 0 saturated carbocycles. The topological polar surface area (TPSA) is 66.5 Å². The van der Waals surface area contributed by atoms with Crippen LogP contribution in [0.2, 0.25) is 0 Å². The van der Waals surface area contributed by atoms with Gasteiger partial charge in [-0.25, -0.2) is 9.78 Å². The molecule has 30 heavy (non-hydrogen) atoms. The molecule has 0 spiro atoms. The van der Waals surface area contributed by atoms with E-state index in [-0.39, 0.29) is 6.03 Å². The van der Waals surface area contributed by atoms with Gasteiger partial charge in [0.15, 0.2) is 0 Å². The lowest BCUT2D eigenvalue weighted by Gasteiger charge is -2.35. The number of carbonyl (C=O) groups excluding carboxylic acids is 1. The van der Waals surface area contributed by atoms with Crippen LogP contribution >= 0.6 is 11.8 Å². The number of urea groups is 1. The van der Waals surface area contributed by atoms with Crippen molar-refractivity contribution in [2.75, 3.05) is 38.2 Å². The zero-order valence-corrected chi connectivity index (χ0v) is 18.7. The van der Waals surface area contributed by atoms with E-state index in [1.54, 1.807) is 18.0 Å². The summed E-state index contributed by atoms with van der Waals surface area (Å²) in [6.45, 7) is 8.48. The molecular formula is C23H32N4O2S. The number of ether oxygens (including phenoxy) is 1. The Hall–Kier alpha value is -2.09. The fraction of sp³-hybridized carbons (Fsp3) is 0.478. The number of amides is 2. The van der Waals surface area contributed by atoms with Gasteiger partial charge in [0.1, 0.15) is 0 Å². The third kappa shape index (κ3) is 7.63. The van der Waals surface area contributed by atoms with Crippen molar-refractivity contribution < 1.29 is 9.53 Å². The van der Waals surface area contributed by atoms with Crippen LogP contribution in [0, 0.1) is 5.92 Å². The van der Waals surface area contributed by atoms with Gasteiger partial charge in [0.2, 0.25) is 0 Å². The van der Waals surface area contributed by atoms with E-state index in [2.05, 4.69) is 40.4 Å². The molecule has 6 nitrogen and oxygen atoms in total. The molecule has 1 aromatic heterocycles. The van der Waals surface area contributed by atoms with Crippen LogP contribution in [0.4, 0.5) is 10.5 Å². The van der Waals surface area contributed by atoms with Gasteiger partial charge in [0.05, 0.1) is 18.2 Å². The second-order valence-electron chi connectivity index (χ2n) is 7.92. The van der Waals surface area contributed by atoms with Crippen LogP contribution in [0.15, 0.2) is 53.7 Å². The summed E-state index contributed by atoms with van der Waals surface area (Å²) in [5, 5.41) is 7.03. The molecule has 162 valence electrons. The molecule has 3 rings (SSSR count). The third-order valence-electron chi connectivity index (χ3n) is 5.01. The minimum absolute atomic E-state index is 0.161. The summed E-state index contributed by atoms with van der Waals surface area (Å²) in [7, 11) is 0. The van der Waals surface area contributed by atoms with E-state index in [0.717, 1.165) is 54.8 Å². The summed E-state index contributed by atoms with van der Waals surface area (Å²) < 4.78 is 5.47. The van der Waals surface area contributed by atoms with Gasteiger partial charge in [-0.15, -0.1) is 11.8 Å². The summed E-state index contributed by atoms with van der Waals surface area (Å²) in [5.41, 5.74) is 1.95. The van der Waals surface area contributed by atoms with Gasteiger partial charge >= 0.3 is 6.03 Å². The number of nitrogens with zero attached hydrogens (tertiary/aromatic N) is 2. The second kappa shape index (κ2) is 11.9. The first kappa shape index (κ1) is 22.6. The van der Waals surface area contributed by atoms with Gasteiger partial charge in [-0.3, -0.25) is 4.90 Å². The first-order valence-electron chi connectivity index (χ1n) is 10.6. The number of benzene rings is 1. The Bertz CT molecular complexity index is 782. The minimum atomic E-state index is -0.161. The summed E-state index contributed by atoms with van der Waals surface area (Å²) in [4.78, 5) is 19.3. The third-order valence-corrected chi connectivity index (χ3v) is 6.03. The van der Waals surface area contributed by atoms with Crippen molar-refractivity contribution in [3.63, 3.8) is 0 Å². The van der Waals surface area contributed by atoms with Crippen molar-refractivity contribution in [2.45, 2.75) is 37.1 Å². The Labute approximate surface area is 183 Å². The van der Waals surface area contributed by atoms with Gasteiger partial charge in [-0.2, -0.15) is 0 Å². The Balaban J connectivity index is 1.49. The lowest BCUT2D eigenvalue weighted by atomic mass is 10.0. The summed E-state index contributed by atoms with van der Waals surface area (Å²) >= 11 is 1.68. The maximum atomic E-state index is 12.5. The lowest BCUT2D eigenvalue weighted by molar-refractivity contribution is 0.0130. The van der Waals surface area contributed by atoms with Crippen LogP contribution in [-0.4, -0.2) is 54.8 Å². The number of hydrogen-bond acceptors (Lipinski definition) is 5. The molecule has 2 N–H and O–H groups in total. The van der Waals surface area contributed by atoms with E-state index in [0.29, 0.717) is 18.5 Å². The Morgan fingerprint density at radius 2 is 2.03 bits per heavy atom. The van der Waals surface area contributed by atoms with E-state index >= 15 is 0 Å². The fourth-order valence-corrected chi connectivity index (χ4v) is 4.37. The molecule has 2 amide bonds. The molecule has 1 unspecified atom stereocenters. The number of morpholine rings is 1. The number of rotatable bonds is 9. The molecule has 1 aliphatic rings. The quantitative estimate of drug-likeness (QED) is 0.585. The number of thioether (sulfide) groups is 1. The van der Waals surface area contributed by atoms with Crippen molar-refractivity contribution in [2.24, 2.45) is 5.92 Å². The highest BCUT2D eigenvalue weighted by Gasteiger charge is 2.22. The molecule has 2 aromatic rings. The van der Waals surface area contributed by atoms with Crippen LogP contribution < -0.4 is 10.6 Å². The maximum absolute atomic E-state index is 12.5. The molecule has 1 aliphatic heterocycles. The molecule has 7 heteroatoms. The molecular weight excluding hydrogens is 396 g/mol. The predicted octanol–water partition coefficient (Wildman–Crippen LogP) is 4.24. The number of pyridine rings is 1. The van der Waals surface area contributed by atoms with Gasteiger partial charge in [0.25, 0.3) is 0 Å². The van der Waals surface area contributed by atoms with E-state index < -0.39 is 0 Å². The van der Waals surface area contributed by atoms with Gasteiger partial charge in [-0.05, 0) is 42.2 Å². The van der Waals surface area contributed by atoms with Crippen LogP contribution in [0.3, 0.4) is 0 Å². The average Bonchev–Trinajstić information content (AvgIpc) is 2.76. The first-order valence-corrected chi connectivity index (χ1v) is 11.6. The smallest absolute Gasteiger partial charge is 0.319 e. The summed E-state index contributed by atoms with van der Waals surface area (Å²) in [6.07, 6.45) is 2.86. The van der Waals surface area contributed by atoms with E-state index in [1.807, 2.05) is 36.4 Å². The zero-order chi connectivity index (χ0) is 21.2. The van der Waals surface area contributed by atoms with Crippen molar-refractivity contribution in [1.82, 2.24) is 15.2 Å². The molecule has 1 atom stereocenters. The van der Waals surface area contributed by atoms with Crippen LogP contribution in [0.1, 0.15) is 25.8 Å². The van der Waals surface area contributed by atoms with Crippen molar-refractivity contribution in [3.8, 4) is 0 Å². The van der Waals surface area contributed by atoms with Gasteiger partial charge < -0.3 is 15.4 Å². The summed E-state index contributed by atoms with van der Waals surface area (Å²) in [6, 6.07) is 14.1.